The summed E-state index contributed by atoms with van der Waals surface area (Å²) < 4.78 is 1.61. The van der Waals surface area contributed by atoms with Crippen molar-refractivity contribution in [1.29, 1.82) is 0 Å². The van der Waals surface area contributed by atoms with Gasteiger partial charge >= 0.3 is 66.9 Å². The molecular formula is C8H16OSn. The summed E-state index contributed by atoms with van der Waals surface area (Å²) in [6, 6.07) is 0. The quantitative estimate of drug-likeness (QED) is 0.702. The molecule has 1 nitrogen and oxygen atoms in total. The average molecular weight is 247 g/mol. The van der Waals surface area contributed by atoms with Gasteiger partial charge in [0, 0.05) is 0 Å². The van der Waals surface area contributed by atoms with E-state index in [0.717, 1.165) is 6.42 Å². The van der Waals surface area contributed by atoms with Crippen LogP contribution in [0.15, 0.2) is 9.67 Å². The number of aliphatic hydroxyl groups is 1. The van der Waals surface area contributed by atoms with E-state index in [1.807, 2.05) is 0 Å². The van der Waals surface area contributed by atoms with Crippen molar-refractivity contribution in [2.45, 2.75) is 33.8 Å². The summed E-state index contributed by atoms with van der Waals surface area (Å²) >= 11 is -1.74. The molecular weight excluding hydrogens is 231 g/mol. The summed E-state index contributed by atoms with van der Waals surface area (Å²) in [7, 11) is 0. The van der Waals surface area contributed by atoms with Crippen molar-refractivity contribution in [3.8, 4) is 0 Å². The Morgan fingerprint density at radius 1 is 1.50 bits per heavy atom. The molecule has 1 N–H and O–H groups in total. The fraction of sp³-hybridized carbons (Fsp3) is 0.750. The maximum absolute atomic E-state index is 9.22. The van der Waals surface area contributed by atoms with Gasteiger partial charge in [0.05, 0.1) is 0 Å². The molecule has 0 spiro atoms. The van der Waals surface area contributed by atoms with Crippen molar-refractivity contribution >= 4 is 18.4 Å². The van der Waals surface area contributed by atoms with Crippen LogP contribution in [0.25, 0.3) is 0 Å². The first-order chi connectivity index (χ1) is 4.50. The number of allylic oxidation sites excluding steroid dienone is 1. The number of hydrogen-bond donors (Lipinski definition) is 1. The summed E-state index contributed by atoms with van der Waals surface area (Å²) in [5, 5.41) is 9.22. The molecule has 2 heteroatoms. The number of rotatable bonds is 1. The SMILES string of the molecule is [CH3][Sn]([CH3])([CH3])[C]1=CC(O)CC1. The van der Waals surface area contributed by atoms with E-state index in [9.17, 15) is 5.11 Å². The molecule has 0 aromatic heterocycles. The Morgan fingerprint density at radius 3 is 2.30 bits per heavy atom. The third-order valence-electron chi connectivity index (χ3n) is 2.07. The normalized spacial score (nSPS) is 26.8. The fourth-order valence-corrected chi connectivity index (χ4v) is 5.86. The van der Waals surface area contributed by atoms with Crippen molar-refractivity contribution in [3.63, 3.8) is 0 Å². The van der Waals surface area contributed by atoms with Gasteiger partial charge in [-0.2, -0.15) is 0 Å². The maximum atomic E-state index is 9.22. The van der Waals surface area contributed by atoms with Crippen LogP contribution in [0.1, 0.15) is 12.8 Å². The fourth-order valence-electron chi connectivity index (χ4n) is 1.33. The first-order valence-corrected chi connectivity index (χ1v) is 13.9. The van der Waals surface area contributed by atoms with Gasteiger partial charge in [0.15, 0.2) is 0 Å². The molecule has 0 aliphatic heterocycles. The molecule has 10 heavy (non-hydrogen) atoms. The molecule has 0 amide bonds. The van der Waals surface area contributed by atoms with Crippen LogP contribution in [0.4, 0.5) is 0 Å². The molecule has 1 unspecified atom stereocenters. The number of aliphatic hydroxyl groups excluding tert-OH is 1. The molecule has 0 aromatic rings. The monoisotopic (exact) mass is 248 g/mol. The predicted octanol–water partition coefficient (Wildman–Crippen LogP) is 1.94. The zero-order valence-electron chi connectivity index (χ0n) is 7.02. The first kappa shape index (κ1) is 8.59. The Bertz CT molecular complexity index is 155. The van der Waals surface area contributed by atoms with Gasteiger partial charge in [-0.1, -0.05) is 0 Å². The van der Waals surface area contributed by atoms with Gasteiger partial charge < -0.3 is 0 Å². The molecule has 1 aliphatic carbocycles. The minimum atomic E-state index is -1.74. The average Bonchev–Trinajstić information content (AvgIpc) is 2.11. The van der Waals surface area contributed by atoms with E-state index in [-0.39, 0.29) is 6.10 Å². The van der Waals surface area contributed by atoms with Crippen LogP contribution < -0.4 is 0 Å². The molecule has 0 saturated heterocycles. The molecule has 1 atom stereocenters. The van der Waals surface area contributed by atoms with E-state index in [0.29, 0.717) is 0 Å². The Balaban J connectivity index is 2.67. The van der Waals surface area contributed by atoms with Crippen LogP contribution in [0, 0.1) is 0 Å². The van der Waals surface area contributed by atoms with Gasteiger partial charge in [0.2, 0.25) is 0 Å². The van der Waals surface area contributed by atoms with Crippen LogP contribution in [-0.2, 0) is 0 Å². The molecule has 0 bridgehead atoms. The van der Waals surface area contributed by atoms with Gasteiger partial charge in [-0.05, 0) is 0 Å². The van der Waals surface area contributed by atoms with Crippen LogP contribution in [0.3, 0.4) is 0 Å². The van der Waals surface area contributed by atoms with Crippen molar-refractivity contribution in [3.05, 3.63) is 9.67 Å². The Hall–Kier alpha value is 0.499. The third-order valence-corrected chi connectivity index (χ3v) is 8.75. The van der Waals surface area contributed by atoms with Crippen LogP contribution in [0.2, 0.25) is 14.8 Å². The predicted molar refractivity (Wildman–Crippen MR) is 46.7 cm³/mol. The van der Waals surface area contributed by atoms with Crippen molar-refractivity contribution < 1.29 is 5.11 Å². The second kappa shape index (κ2) is 2.86. The third kappa shape index (κ3) is 1.99. The Kier molecular flexibility index (Phi) is 2.45. The van der Waals surface area contributed by atoms with Gasteiger partial charge in [0.1, 0.15) is 0 Å². The van der Waals surface area contributed by atoms with E-state index in [1.165, 1.54) is 6.42 Å². The van der Waals surface area contributed by atoms with Crippen LogP contribution in [-0.4, -0.2) is 29.6 Å². The second-order valence-corrected chi connectivity index (χ2v) is 18.7. The molecule has 58 valence electrons. The summed E-state index contributed by atoms with van der Waals surface area (Å²) in [5.41, 5.74) is 0. The zero-order valence-corrected chi connectivity index (χ0v) is 9.87. The molecule has 0 heterocycles. The van der Waals surface area contributed by atoms with Gasteiger partial charge in [0.25, 0.3) is 0 Å². The van der Waals surface area contributed by atoms with Crippen molar-refractivity contribution in [2.24, 2.45) is 0 Å². The number of hydrogen-bond acceptors (Lipinski definition) is 1. The minimum absolute atomic E-state index is 0.120. The molecule has 0 radical (unpaired) electrons. The topological polar surface area (TPSA) is 20.2 Å². The summed E-state index contributed by atoms with van der Waals surface area (Å²) in [6.07, 6.45) is 4.12. The molecule has 0 aromatic carbocycles. The standard InChI is InChI=1S/C5H7O.3CH3.Sn/c6-5-3-1-2-4-5;;;;/h4-6H,1,3H2;3*1H3;. The zero-order chi connectivity index (χ0) is 7.78. The van der Waals surface area contributed by atoms with E-state index in [4.69, 9.17) is 0 Å². The van der Waals surface area contributed by atoms with Crippen LogP contribution >= 0.6 is 0 Å². The van der Waals surface area contributed by atoms with E-state index in [2.05, 4.69) is 20.9 Å². The second-order valence-electron chi connectivity index (χ2n) is 4.05. The molecule has 1 rings (SSSR count). The summed E-state index contributed by atoms with van der Waals surface area (Å²) in [6.45, 7) is 0. The summed E-state index contributed by atoms with van der Waals surface area (Å²) in [4.78, 5) is 7.20. The van der Waals surface area contributed by atoms with Gasteiger partial charge in [-0.25, -0.2) is 0 Å². The first-order valence-electron chi connectivity index (χ1n) is 3.89. The van der Waals surface area contributed by atoms with Gasteiger partial charge in [-0.3, -0.25) is 0 Å². The molecule has 0 saturated carbocycles. The molecule has 1 aliphatic rings. The molecule has 0 fully saturated rings. The van der Waals surface area contributed by atoms with E-state index in [1.54, 1.807) is 3.59 Å². The van der Waals surface area contributed by atoms with E-state index < -0.39 is 18.4 Å². The van der Waals surface area contributed by atoms with Crippen molar-refractivity contribution in [1.82, 2.24) is 0 Å². The van der Waals surface area contributed by atoms with Gasteiger partial charge in [-0.15, -0.1) is 0 Å². The Morgan fingerprint density at radius 2 is 2.10 bits per heavy atom. The summed E-state index contributed by atoms with van der Waals surface area (Å²) in [5.74, 6) is 0. The van der Waals surface area contributed by atoms with E-state index >= 15 is 0 Å². The van der Waals surface area contributed by atoms with Crippen molar-refractivity contribution in [2.75, 3.05) is 0 Å². The Labute approximate surface area is 67.0 Å². The van der Waals surface area contributed by atoms with Crippen LogP contribution in [0.5, 0.6) is 0 Å².